The number of likely N-dealkylation sites (tertiary alicyclic amines) is 1. The number of nitrogens with zero attached hydrogens (tertiary/aromatic N) is 1. The van der Waals surface area contributed by atoms with Crippen molar-refractivity contribution in [1.82, 2.24) is 4.90 Å². The predicted octanol–water partition coefficient (Wildman–Crippen LogP) is 3.00. The van der Waals surface area contributed by atoms with Crippen LogP contribution < -0.4 is 0 Å². The van der Waals surface area contributed by atoms with Gasteiger partial charge in [0.05, 0.1) is 6.04 Å². The number of carbonyl (C=O) groups is 2. The van der Waals surface area contributed by atoms with Crippen molar-refractivity contribution >= 4 is 11.7 Å². The molecule has 0 radical (unpaired) electrons. The first kappa shape index (κ1) is 13.8. The molecule has 1 aromatic carbocycles. The van der Waals surface area contributed by atoms with E-state index in [1.807, 2.05) is 24.3 Å². The highest BCUT2D eigenvalue weighted by atomic mass is 16.2. The van der Waals surface area contributed by atoms with Crippen LogP contribution in [-0.2, 0) is 4.79 Å². The van der Waals surface area contributed by atoms with Crippen molar-refractivity contribution in [3.05, 3.63) is 35.4 Å². The predicted molar refractivity (Wildman–Crippen MR) is 75.3 cm³/mol. The molecule has 1 saturated heterocycles. The molecule has 102 valence electrons. The first-order valence-corrected chi connectivity index (χ1v) is 6.92. The van der Waals surface area contributed by atoms with Crippen molar-refractivity contribution < 1.29 is 9.59 Å². The molecule has 2 rings (SSSR count). The summed E-state index contributed by atoms with van der Waals surface area (Å²) in [7, 11) is 0. The van der Waals surface area contributed by atoms with E-state index in [-0.39, 0.29) is 17.7 Å². The minimum atomic E-state index is -0.262. The molecule has 0 N–H and O–H groups in total. The Morgan fingerprint density at radius 2 is 1.84 bits per heavy atom. The molecule has 1 aromatic rings. The van der Waals surface area contributed by atoms with E-state index in [4.69, 9.17) is 0 Å². The van der Waals surface area contributed by atoms with Gasteiger partial charge >= 0.3 is 0 Å². The Bertz CT molecular complexity index is 476. The van der Waals surface area contributed by atoms with Gasteiger partial charge in [-0.25, -0.2) is 0 Å². The van der Waals surface area contributed by atoms with Crippen molar-refractivity contribution in [3.8, 4) is 0 Å². The SMILES string of the molecule is CC(=O)N1CCCC1C(=O)c1ccc(C(C)C)cc1. The Morgan fingerprint density at radius 3 is 2.37 bits per heavy atom. The number of amides is 1. The molecule has 0 spiro atoms. The van der Waals surface area contributed by atoms with E-state index in [0.717, 1.165) is 12.8 Å². The van der Waals surface area contributed by atoms with E-state index in [0.29, 0.717) is 18.0 Å². The van der Waals surface area contributed by atoms with Crippen LogP contribution in [0.4, 0.5) is 0 Å². The van der Waals surface area contributed by atoms with E-state index in [1.165, 1.54) is 12.5 Å². The summed E-state index contributed by atoms with van der Waals surface area (Å²) in [5, 5.41) is 0. The fraction of sp³-hybridized carbons (Fsp3) is 0.500. The van der Waals surface area contributed by atoms with Crippen molar-refractivity contribution in [3.63, 3.8) is 0 Å². The van der Waals surface area contributed by atoms with Crippen LogP contribution in [-0.4, -0.2) is 29.2 Å². The average molecular weight is 259 g/mol. The third-order valence-electron chi connectivity index (χ3n) is 3.82. The van der Waals surface area contributed by atoms with Crippen LogP contribution in [0.15, 0.2) is 24.3 Å². The van der Waals surface area contributed by atoms with Crippen LogP contribution in [0.2, 0.25) is 0 Å². The molecule has 0 bridgehead atoms. The van der Waals surface area contributed by atoms with Gasteiger partial charge in [-0.15, -0.1) is 0 Å². The van der Waals surface area contributed by atoms with Gasteiger partial charge in [0.1, 0.15) is 0 Å². The van der Waals surface area contributed by atoms with Crippen LogP contribution in [0.25, 0.3) is 0 Å². The molecule has 1 heterocycles. The maximum absolute atomic E-state index is 12.4. The zero-order valence-electron chi connectivity index (χ0n) is 11.8. The van der Waals surface area contributed by atoms with Gasteiger partial charge in [-0.1, -0.05) is 38.1 Å². The summed E-state index contributed by atoms with van der Waals surface area (Å²) in [6.07, 6.45) is 1.70. The Balaban J connectivity index is 2.17. The lowest BCUT2D eigenvalue weighted by Gasteiger charge is -2.22. The summed E-state index contributed by atoms with van der Waals surface area (Å²) in [4.78, 5) is 25.7. The van der Waals surface area contributed by atoms with Crippen LogP contribution in [0.3, 0.4) is 0 Å². The van der Waals surface area contributed by atoms with Crippen molar-refractivity contribution in [1.29, 1.82) is 0 Å². The highest BCUT2D eigenvalue weighted by Crippen LogP contribution is 2.22. The molecule has 3 heteroatoms. The van der Waals surface area contributed by atoms with Crippen molar-refractivity contribution in [2.45, 2.75) is 45.6 Å². The molecule has 0 aliphatic carbocycles. The molecule has 1 atom stereocenters. The summed E-state index contributed by atoms with van der Waals surface area (Å²) in [6.45, 7) is 6.50. The number of hydrogen-bond donors (Lipinski definition) is 0. The minimum absolute atomic E-state index is 0.00495. The Kier molecular flexibility index (Phi) is 4.03. The molecule has 1 aliphatic heterocycles. The highest BCUT2D eigenvalue weighted by molar-refractivity contribution is 6.02. The summed E-state index contributed by atoms with van der Waals surface area (Å²) in [5.74, 6) is 0.530. The molecule has 0 saturated carbocycles. The second-order valence-corrected chi connectivity index (χ2v) is 5.51. The minimum Gasteiger partial charge on any atom is -0.333 e. The van der Waals surface area contributed by atoms with E-state index in [9.17, 15) is 9.59 Å². The molecule has 1 aliphatic rings. The second kappa shape index (κ2) is 5.55. The zero-order valence-corrected chi connectivity index (χ0v) is 11.8. The quantitative estimate of drug-likeness (QED) is 0.782. The Labute approximate surface area is 114 Å². The van der Waals surface area contributed by atoms with Crippen LogP contribution >= 0.6 is 0 Å². The zero-order chi connectivity index (χ0) is 14.0. The fourth-order valence-corrected chi connectivity index (χ4v) is 2.64. The van der Waals surface area contributed by atoms with E-state index >= 15 is 0 Å². The molecule has 1 unspecified atom stereocenters. The lowest BCUT2D eigenvalue weighted by Crippen LogP contribution is -2.39. The van der Waals surface area contributed by atoms with Gasteiger partial charge in [-0.2, -0.15) is 0 Å². The largest absolute Gasteiger partial charge is 0.333 e. The van der Waals surface area contributed by atoms with E-state index in [1.54, 1.807) is 4.90 Å². The standard InChI is InChI=1S/C16H21NO2/c1-11(2)13-6-8-14(9-7-13)16(19)15-5-4-10-17(15)12(3)18/h6-9,11,15H,4-5,10H2,1-3H3. The third-order valence-corrected chi connectivity index (χ3v) is 3.82. The Morgan fingerprint density at radius 1 is 1.21 bits per heavy atom. The number of rotatable bonds is 3. The lowest BCUT2D eigenvalue weighted by atomic mass is 9.97. The maximum Gasteiger partial charge on any atom is 0.220 e. The fourth-order valence-electron chi connectivity index (χ4n) is 2.64. The highest BCUT2D eigenvalue weighted by Gasteiger charge is 2.32. The molecule has 19 heavy (non-hydrogen) atoms. The molecule has 0 aromatic heterocycles. The molecule has 3 nitrogen and oxygen atoms in total. The number of carbonyl (C=O) groups excluding carboxylic acids is 2. The summed E-state index contributed by atoms with van der Waals surface area (Å²) in [5.41, 5.74) is 1.94. The maximum atomic E-state index is 12.4. The normalized spacial score (nSPS) is 18.9. The average Bonchev–Trinajstić information content (AvgIpc) is 2.87. The van der Waals surface area contributed by atoms with Crippen molar-refractivity contribution in [2.24, 2.45) is 0 Å². The Hall–Kier alpha value is -1.64. The summed E-state index contributed by atoms with van der Waals surface area (Å²) >= 11 is 0. The first-order chi connectivity index (χ1) is 9.00. The van der Waals surface area contributed by atoms with Crippen LogP contribution in [0.1, 0.15) is 55.5 Å². The first-order valence-electron chi connectivity index (χ1n) is 6.92. The second-order valence-electron chi connectivity index (χ2n) is 5.51. The summed E-state index contributed by atoms with van der Waals surface area (Å²) in [6, 6.07) is 7.51. The molecule has 1 fully saturated rings. The van der Waals surface area contributed by atoms with Gasteiger partial charge in [0, 0.05) is 19.0 Å². The number of benzene rings is 1. The smallest absolute Gasteiger partial charge is 0.220 e. The van der Waals surface area contributed by atoms with Gasteiger partial charge in [-0.3, -0.25) is 9.59 Å². The van der Waals surface area contributed by atoms with Crippen LogP contribution in [0.5, 0.6) is 0 Å². The number of hydrogen-bond acceptors (Lipinski definition) is 2. The van der Waals surface area contributed by atoms with Crippen LogP contribution in [0, 0.1) is 0 Å². The number of Topliss-reactive ketones (excluding diaryl/α,β-unsaturated/α-hetero) is 1. The number of ketones is 1. The lowest BCUT2D eigenvalue weighted by molar-refractivity contribution is -0.128. The van der Waals surface area contributed by atoms with Gasteiger partial charge in [-0.05, 0) is 24.3 Å². The van der Waals surface area contributed by atoms with Gasteiger partial charge < -0.3 is 4.90 Å². The monoisotopic (exact) mass is 259 g/mol. The molecule has 1 amide bonds. The topological polar surface area (TPSA) is 37.4 Å². The van der Waals surface area contributed by atoms with Gasteiger partial charge in [0.2, 0.25) is 5.91 Å². The van der Waals surface area contributed by atoms with E-state index < -0.39 is 0 Å². The van der Waals surface area contributed by atoms with E-state index in [2.05, 4.69) is 13.8 Å². The van der Waals surface area contributed by atoms with Gasteiger partial charge in [0.25, 0.3) is 0 Å². The third kappa shape index (κ3) is 2.86. The van der Waals surface area contributed by atoms with Crippen molar-refractivity contribution in [2.75, 3.05) is 6.54 Å². The van der Waals surface area contributed by atoms with Gasteiger partial charge in [0.15, 0.2) is 5.78 Å². The molecular weight excluding hydrogens is 238 g/mol. The summed E-state index contributed by atoms with van der Waals surface area (Å²) < 4.78 is 0. The molecular formula is C16H21NO2.